The van der Waals surface area contributed by atoms with Crippen molar-refractivity contribution < 1.29 is 9.59 Å². The fraction of sp³-hybridized carbons (Fsp3) is 0.550. The van der Waals surface area contributed by atoms with Crippen molar-refractivity contribution in [3.05, 3.63) is 29.3 Å². The van der Waals surface area contributed by atoms with Crippen LogP contribution in [0.25, 0.3) is 0 Å². The Bertz CT molecular complexity index is 696. The lowest BCUT2D eigenvalue weighted by atomic mass is 10.1. The molecule has 0 bridgehead atoms. The maximum atomic E-state index is 13.0. The van der Waals surface area contributed by atoms with E-state index in [2.05, 4.69) is 16.3 Å². The number of hydrogen-bond acceptors (Lipinski definition) is 4. The number of nitrogens with zero attached hydrogens (tertiary/aromatic N) is 3. The van der Waals surface area contributed by atoms with Crippen LogP contribution in [0.4, 0.5) is 5.69 Å². The maximum Gasteiger partial charge on any atom is 0.241 e. The lowest BCUT2D eigenvalue weighted by molar-refractivity contribution is -0.120. The predicted octanol–water partition coefficient (Wildman–Crippen LogP) is 2.15. The van der Waals surface area contributed by atoms with E-state index in [4.69, 9.17) is 5.26 Å². The molecule has 1 atom stereocenters. The Morgan fingerprint density at radius 3 is 2.85 bits per heavy atom. The van der Waals surface area contributed by atoms with E-state index in [9.17, 15) is 9.59 Å². The summed E-state index contributed by atoms with van der Waals surface area (Å²) in [6.45, 7) is 7.77. The third-order valence-electron chi connectivity index (χ3n) is 4.89. The fourth-order valence-corrected chi connectivity index (χ4v) is 3.45. The number of rotatable bonds is 6. The molecule has 0 spiro atoms. The molecule has 1 N–H and O–H groups in total. The van der Waals surface area contributed by atoms with Gasteiger partial charge >= 0.3 is 0 Å². The van der Waals surface area contributed by atoms with Crippen molar-refractivity contribution in [2.75, 3.05) is 31.1 Å². The molecule has 0 aliphatic carbocycles. The van der Waals surface area contributed by atoms with Crippen LogP contribution in [-0.4, -0.2) is 48.9 Å². The van der Waals surface area contributed by atoms with E-state index < -0.39 is 0 Å². The van der Waals surface area contributed by atoms with Crippen LogP contribution in [0.15, 0.2) is 18.2 Å². The summed E-state index contributed by atoms with van der Waals surface area (Å²) < 4.78 is 0. The second-order valence-electron chi connectivity index (χ2n) is 6.95. The predicted molar refractivity (Wildman–Crippen MR) is 102 cm³/mol. The average Bonchev–Trinajstić information content (AvgIpc) is 2.58. The van der Waals surface area contributed by atoms with Gasteiger partial charge in [0.1, 0.15) is 0 Å². The molecule has 140 valence electrons. The smallest absolute Gasteiger partial charge is 0.241 e. The van der Waals surface area contributed by atoms with Gasteiger partial charge in [-0.25, -0.2) is 0 Å². The number of benzene rings is 1. The van der Waals surface area contributed by atoms with Crippen LogP contribution in [0, 0.1) is 25.2 Å². The van der Waals surface area contributed by atoms with Gasteiger partial charge in [-0.1, -0.05) is 12.1 Å². The lowest BCUT2D eigenvalue weighted by Crippen LogP contribution is -2.50. The highest BCUT2D eigenvalue weighted by atomic mass is 16.2. The number of anilines is 1. The molecule has 2 rings (SSSR count). The van der Waals surface area contributed by atoms with Crippen molar-refractivity contribution >= 4 is 17.5 Å². The van der Waals surface area contributed by atoms with Gasteiger partial charge in [-0.2, -0.15) is 5.26 Å². The van der Waals surface area contributed by atoms with Crippen molar-refractivity contribution in [1.29, 1.82) is 5.26 Å². The standard InChI is InChI=1S/C20H28N4O2/c1-15-7-4-9-19(16(15)2)24(12-6-10-21)20(26)14-23-11-5-8-18(13-23)22-17(3)25/h4,7,9,18H,5-6,8,11-14H2,1-3H3,(H,22,25). The van der Waals surface area contributed by atoms with Crippen LogP contribution in [0.1, 0.15) is 37.3 Å². The molecular formula is C20H28N4O2. The molecule has 1 aromatic rings. The van der Waals surface area contributed by atoms with Gasteiger partial charge in [0.25, 0.3) is 0 Å². The van der Waals surface area contributed by atoms with Gasteiger partial charge < -0.3 is 10.2 Å². The first kappa shape index (κ1) is 19.9. The zero-order valence-corrected chi connectivity index (χ0v) is 15.9. The second-order valence-corrected chi connectivity index (χ2v) is 6.95. The summed E-state index contributed by atoms with van der Waals surface area (Å²) in [5, 5.41) is 11.9. The van der Waals surface area contributed by atoms with Crippen molar-refractivity contribution in [2.24, 2.45) is 0 Å². The highest BCUT2D eigenvalue weighted by Gasteiger charge is 2.25. The van der Waals surface area contributed by atoms with Gasteiger partial charge in [-0.3, -0.25) is 14.5 Å². The zero-order valence-electron chi connectivity index (χ0n) is 15.9. The fourth-order valence-electron chi connectivity index (χ4n) is 3.45. The molecule has 1 aliphatic heterocycles. The third-order valence-corrected chi connectivity index (χ3v) is 4.89. The van der Waals surface area contributed by atoms with E-state index in [1.54, 1.807) is 4.90 Å². The van der Waals surface area contributed by atoms with E-state index in [0.717, 1.165) is 36.2 Å². The number of nitriles is 1. The molecule has 2 amide bonds. The Morgan fingerprint density at radius 2 is 2.15 bits per heavy atom. The van der Waals surface area contributed by atoms with Crippen LogP contribution in [0.5, 0.6) is 0 Å². The minimum atomic E-state index is -0.0331. The number of likely N-dealkylation sites (tertiary alicyclic amines) is 1. The molecule has 1 heterocycles. The SMILES string of the molecule is CC(=O)NC1CCCN(CC(=O)N(CCC#N)c2cccc(C)c2C)C1. The molecule has 1 saturated heterocycles. The number of carbonyl (C=O) groups is 2. The largest absolute Gasteiger partial charge is 0.352 e. The van der Waals surface area contributed by atoms with Gasteiger partial charge in [0.2, 0.25) is 11.8 Å². The van der Waals surface area contributed by atoms with Crippen molar-refractivity contribution in [1.82, 2.24) is 10.2 Å². The Labute approximate surface area is 155 Å². The average molecular weight is 356 g/mol. The van der Waals surface area contributed by atoms with Gasteiger partial charge in [0.15, 0.2) is 0 Å². The summed E-state index contributed by atoms with van der Waals surface area (Å²) >= 11 is 0. The van der Waals surface area contributed by atoms with E-state index in [1.807, 2.05) is 32.0 Å². The summed E-state index contributed by atoms with van der Waals surface area (Å²) in [5.74, 6) is -0.0355. The highest BCUT2D eigenvalue weighted by Crippen LogP contribution is 2.23. The molecule has 6 heteroatoms. The van der Waals surface area contributed by atoms with E-state index >= 15 is 0 Å². The summed E-state index contributed by atoms with van der Waals surface area (Å²) in [6.07, 6.45) is 2.20. The molecule has 1 aromatic carbocycles. The molecule has 1 aliphatic rings. The number of hydrogen-bond donors (Lipinski definition) is 1. The molecule has 26 heavy (non-hydrogen) atoms. The molecule has 6 nitrogen and oxygen atoms in total. The van der Waals surface area contributed by atoms with E-state index in [0.29, 0.717) is 26.1 Å². The molecule has 0 aromatic heterocycles. The van der Waals surface area contributed by atoms with Crippen molar-refractivity contribution in [2.45, 2.75) is 46.1 Å². The molecule has 1 fully saturated rings. The minimum absolute atomic E-state index is 0.00238. The Hall–Kier alpha value is -2.39. The van der Waals surface area contributed by atoms with Crippen molar-refractivity contribution in [3.8, 4) is 6.07 Å². The van der Waals surface area contributed by atoms with Crippen LogP contribution < -0.4 is 10.2 Å². The third kappa shape index (κ3) is 5.30. The number of carbonyl (C=O) groups excluding carboxylic acids is 2. The quantitative estimate of drug-likeness (QED) is 0.847. The summed E-state index contributed by atoms with van der Waals surface area (Å²) in [4.78, 5) is 28.1. The summed E-state index contributed by atoms with van der Waals surface area (Å²) in [5.41, 5.74) is 3.06. The van der Waals surface area contributed by atoms with Crippen molar-refractivity contribution in [3.63, 3.8) is 0 Å². The van der Waals surface area contributed by atoms with Crippen LogP contribution in [0.2, 0.25) is 0 Å². The first-order chi connectivity index (χ1) is 12.4. The normalized spacial score (nSPS) is 17.4. The van der Waals surface area contributed by atoms with E-state index in [-0.39, 0.29) is 17.9 Å². The van der Waals surface area contributed by atoms with E-state index in [1.165, 1.54) is 6.92 Å². The number of nitrogens with one attached hydrogen (secondary N) is 1. The minimum Gasteiger partial charge on any atom is -0.352 e. The zero-order chi connectivity index (χ0) is 19.1. The van der Waals surface area contributed by atoms with Gasteiger partial charge in [-0.05, 0) is 50.4 Å². The highest BCUT2D eigenvalue weighted by molar-refractivity contribution is 5.95. The first-order valence-corrected chi connectivity index (χ1v) is 9.15. The van der Waals surface area contributed by atoms with Crippen LogP contribution in [-0.2, 0) is 9.59 Å². The Kier molecular flexibility index (Phi) is 7.16. The van der Waals surface area contributed by atoms with Gasteiger partial charge in [0.05, 0.1) is 19.0 Å². The molecular weight excluding hydrogens is 328 g/mol. The summed E-state index contributed by atoms with van der Waals surface area (Å²) in [6, 6.07) is 8.14. The monoisotopic (exact) mass is 356 g/mol. The second kappa shape index (κ2) is 9.35. The maximum absolute atomic E-state index is 13.0. The van der Waals surface area contributed by atoms with Gasteiger partial charge in [-0.15, -0.1) is 0 Å². The lowest BCUT2D eigenvalue weighted by Gasteiger charge is -2.34. The van der Waals surface area contributed by atoms with Crippen LogP contribution in [0.3, 0.4) is 0 Å². The molecule has 0 radical (unpaired) electrons. The first-order valence-electron chi connectivity index (χ1n) is 9.15. The number of amides is 2. The topological polar surface area (TPSA) is 76.4 Å². The van der Waals surface area contributed by atoms with Gasteiger partial charge in [0, 0.05) is 31.7 Å². The summed E-state index contributed by atoms with van der Waals surface area (Å²) in [7, 11) is 0. The Balaban J connectivity index is 2.10. The Morgan fingerprint density at radius 1 is 1.38 bits per heavy atom. The molecule has 0 saturated carbocycles. The number of piperidine rings is 1. The number of aryl methyl sites for hydroxylation is 1. The molecule has 1 unspecified atom stereocenters. The van der Waals surface area contributed by atoms with Crippen LogP contribution >= 0.6 is 0 Å².